The van der Waals surface area contributed by atoms with E-state index in [1.165, 1.54) is 0 Å². The Morgan fingerprint density at radius 3 is 3.05 bits per heavy atom. The number of carbonyl (C=O) groups is 1. The molecule has 1 amide bonds. The van der Waals surface area contributed by atoms with Crippen molar-refractivity contribution in [3.05, 3.63) is 53.7 Å². The van der Waals surface area contributed by atoms with Crippen LogP contribution >= 0.6 is 0 Å². The van der Waals surface area contributed by atoms with Gasteiger partial charge in [-0.1, -0.05) is 18.2 Å². The van der Waals surface area contributed by atoms with Crippen molar-refractivity contribution in [2.75, 3.05) is 18.5 Å². The monoisotopic (exact) mass is 283 g/mol. The van der Waals surface area contributed by atoms with Gasteiger partial charge in [-0.25, -0.2) is 4.98 Å². The molecule has 0 spiro atoms. The minimum atomic E-state index is -0.149. The van der Waals surface area contributed by atoms with Crippen molar-refractivity contribution in [3.8, 4) is 5.75 Å². The quantitative estimate of drug-likeness (QED) is 0.904. The number of pyridine rings is 1. The summed E-state index contributed by atoms with van der Waals surface area (Å²) in [6.45, 7) is 3.14. The molecule has 0 bridgehead atoms. The lowest BCUT2D eigenvalue weighted by Crippen LogP contribution is -2.30. The fourth-order valence-corrected chi connectivity index (χ4v) is 2.42. The number of aromatic nitrogens is 1. The average molecular weight is 283 g/mol. The Balaban J connectivity index is 1.79. The summed E-state index contributed by atoms with van der Waals surface area (Å²) in [5, 5.41) is 6.10. The molecule has 21 heavy (non-hydrogen) atoms. The zero-order chi connectivity index (χ0) is 14.7. The fourth-order valence-electron chi connectivity index (χ4n) is 2.42. The molecule has 1 aliphatic rings. The van der Waals surface area contributed by atoms with Crippen LogP contribution in [-0.4, -0.2) is 24.0 Å². The molecular formula is C16H17N3O2. The van der Waals surface area contributed by atoms with E-state index in [1.807, 2.05) is 31.2 Å². The summed E-state index contributed by atoms with van der Waals surface area (Å²) >= 11 is 0. The molecule has 0 aliphatic carbocycles. The molecule has 1 unspecified atom stereocenters. The third-order valence-electron chi connectivity index (χ3n) is 3.40. The molecule has 108 valence electrons. The van der Waals surface area contributed by atoms with Gasteiger partial charge in [0, 0.05) is 18.3 Å². The Labute approximate surface area is 123 Å². The van der Waals surface area contributed by atoms with E-state index in [1.54, 1.807) is 18.3 Å². The molecule has 2 aromatic rings. The number of ether oxygens (including phenoxy) is 1. The minimum absolute atomic E-state index is 0.122. The predicted octanol–water partition coefficient (Wildman–Crippen LogP) is 2.38. The second-order valence-corrected chi connectivity index (χ2v) is 4.80. The van der Waals surface area contributed by atoms with Crippen LogP contribution in [0, 0.1) is 0 Å². The number of para-hydroxylation sites is 1. The Morgan fingerprint density at radius 1 is 1.33 bits per heavy atom. The smallest absolute Gasteiger partial charge is 0.255 e. The Bertz CT molecular complexity index is 657. The minimum Gasteiger partial charge on any atom is -0.491 e. The zero-order valence-electron chi connectivity index (χ0n) is 11.8. The zero-order valence-corrected chi connectivity index (χ0v) is 11.8. The number of carbonyl (C=O) groups excluding carboxylic acids is 1. The van der Waals surface area contributed by atoms with E-state index in [0.29, 0.717) is 24.5 Å². The average Bonchev–Trinajstić information content (AvgIpc) is 2.91. The molecule has 0 saturated carbocycles. The van der Waals surface area contributed by atoms with E-state index < -0.39 is 0 Å². The topological polar surface area (TPSA) is 63.2 Å². The fraction of sp³-hybridized carbons (Fsp3) is 0.250. The lowest BCUT2D eigenvalue weighted by molar-refractivity contribution is 0.0931. The molecule has 5 nitrogen and oxygen atoms in total. The van der Waals surface area contributed by atoms with Crippen molar-refractivity contribution in [2.45, 2.75) is 13.0 Å². The van der Waals surface area contributed by atoms with Gasteiger partial charge in [0.05, 0.1) is 11.6 Å². The Kier molecular flexibility index (Phi) is 3.73. The second kappa shape index (κ2) is 5.83. The normalized spacial score (nSPS) is 16.0. The number of hydrogen-bond donors (Lipinski definition) is 2. The maximum Gasteiger partial charge on any atom is 0.255 e. The third kappa shape index (κ3) is 2.67. The van der Waals surface area contributed by atoms with Crippen molar-refractivity contribution in [1.29, 1.82) is 0 Å². The number of hydrogen-bond acceptors (Lipinski definition) is 4. The number of nitrogens with zero attached hydrogens (tertiary/aromatic N) is 1. The number of benzene rings is 1. The molecule has 1 aromatic carbocycles. The van der Waals surface area contributed by atoms with Gasteiger partial charge in [0.25, 0.3) is 5.91 Å². The van der Waals surface area contributed by atoms with Crippen molar-refractivity contribution >= 4 is 11.7 Å². The number of nitrogens with one attached hydrogen (secondary N) is 2. The van der Waals surface area contributed by atoms with Crippen molar-refractivity contribution in [3.63, 3.8) is 0 Å². The molecule has 2 heterocycles. The summed E-state index contributed by atoms with van der Waals surface area (Å²) < 4.78 is 5.58. The molecule has 1 atom stereocenters. The van der Waals surface area contributed by atoms with Crippen LogP contribution in [0.4, 0.5) is 5.82 Å². The van der Waals surface area contributed by atoms with Gasteiger partial charge >= 0.3 is 0 Å². The van der Waals surface area contributed by atoms with Crippen molar-refractivity contribution in [1.82, 2.24) is 10.3 Å². The standard InChI is InChI=1S/C16H17N3O2/c1-2-17-15-12(7-5-9-18-15)16(20)19-13-10-21-14-8-4-3-6-11(13)14/h3-9,13H,2,10H2,1H3,(H,17,18)(H,19,20). The Morgan fingerprint density at radius 2 is 2.19 bits per heavy atom. The number of fused-ring (bicyclic) bond motifs is 1. The van der Waals surface area contributed by atoms with Crippen LogP contribution in [0.2, 0.25) is 0 Å². The molecule has 0 saturated heterocycles. The maximum absolute atomic E-state index is 12.5. The summed E-state index contributed by atoms with van der Waals surface area (Å²) in [6.07, 6.45) is 1.67. The van der Waals surface area contributed by atoms with Crippen LogP contribution in [0.15, 0.2) is 42.6 Å². The molecule has 1 aliphatic heterocycles. The lowest BCUT2D eigenvalue weighted by Gasteiger charge is -2.14. The molecule has 0 radical (unpaired) electrons. The molecule has 1 aromatic heterocycles. The van der Waals surface area contributed by atoms with Gasteiger partial charge in [-0.2, -0.15) is 0 Å². The molecule has 2 N–H and O–H groups in total. The van der Waals surface area contributed by atoms with Crippen LogP contribution < -0.4 is 15.4 Å². The first-order chi connectivity index (χ1) is 10.3. The van der Waals surface area contributed by atoms with Gasteiger partial charge in [0.1, 0.15) is 18.2 Å². The van der Waals surface area contributed by atoms with Crippen LogP contribution in [0.5, 0.6) is 5.75 Å². The summed E-state index contributed by atoms with van der Waals surface area (Å²) in [4.78, 5) is 16.7. The van der Waals surface area contributed by atoms with Crippen LogP contribution in [0.1, 0.15) is 28.9 Å². The van der Waals surface area contributed by atoms with Crippen molar-refractivity contribution < 1.29 is 9.53 Å². The number of anilines is 1. The first-order valence-corrected chi connectivity index (χ1v) is 7.01. The lowest BCUT2D eigenvalue weighted by atomic mass is 10.1. The Hall–Kier alpha value is -2.56. The maximum atomic E-state index is 12.5. The van der Waals surface area contributed by atoms with E-state index in [2.05, 4.69) is 15.6 Å². The SMILES string of the molecule is CCNc1ncccc1C(=O)NC1COc2ccccc21. The highest BCUT2D eigenvalue weighted by atomic mass is 16.5. The summed E-state index contributed by atoms with van der Waals surface area (Å²) in [7, 11) is 0. The summed E-state index contributed by atoms with van der Waals surface area (Å²) in [5.41, 5.74) is 1.56. The van der Waals surface area contributed by atoms with Crippen molar-refractivity contribution in [2.24, 2.45) is 0 Å². The van der Waals surface area contributed by atoms with Gasteiger partial charge < -0.3 is 15.4 Å². The molecular weight excluding hydrogens is 266 g/mol. The van der Waals surface area contributed by atoms with Gasteiger partial charge in [-0.3, -0.25) is 4.79 Å². The highest BCUT2D eigenvalue weighted by Gasteiger charge is 2.26. The highest BCUT2D eigenvalue weighted by molar-refractivity contribution is 5.99. The van der Waals surface area contributed by atoms with Crippen LogP contribution in [0.25, 0.3) is 0 Å². The number of amides is 1. The largest absolute Gasteiger partial charge is 0.491 e. The van der Waals surface area contributed by atoms with Gasteiger partial charge in [0.2, 0.25) is 0 Å². The predicted molar refractivity (Wildman–Crippen MR) is 80.5 cm³/mol. The van der Waals surface area contributed by atoms with E-state index in [4.69, 9.17) is 4.74 Å². The van der Waals surface area contributed by atoms with E-state index >= 15 is 0 Å². The molecule has 3 rings (SSSR count). The summed E-state index contributed by atoms with van der Waals surface area (Å²) in [6, 6.07) is 11.2. The molecule has 5 heteroatoms. The van der Waals surface area contributed by atoms with Gasteiger partial charge in [0.15, 0.2) is 0 Å². The first kappa shape index (κ1) is 13.4. The van der Waals surface area contributed by atoms with Crippen LogP contribution in [0.3, 0.4) is 0 Å². The second-order valence-electron chi connectivity index (χ2n) is 4.80. The van der Waals surface area contributed by atoms with E-state index in [-0.39, 0.29) is 11.9 Å². The van der Waals surface area contributed by atoms with Crippen LogP contribution in [-0.2, 0) is 0 Å². The van der Waals surface area contributed by atoms with E-state index in [0.717, 1.165) is 11.3 Å². The van der Waals surface area contributed by atoms with Gasteiger partial charge in [-0.05, 0) is 25.1 Å². The van der Waals surface area contributed by atoms with E-state index in [9.17, 15) is 4.79 Å². The van der Waals surface area contributed by atoms with Gasteiger partial charge in [-0.15, -0.1) is 0 Å². The first-order valence-electron chi connectivity index (χ1n) is 7.01. The third-order valence-corrected chi connectivity index (χ3v) is 3.40. The summed E-state index contributed by atoms with van der Waals surface area (Å²) in [5.74, 6) is 1.29. The number of rotatable bonds is 4. The molecule has 0 fully saturated rings. The highest BCUT2D eigenvalue weighted by Crippen LogP contribution is 2.31.